The van der Waals surface area contributed by atoms with Crippen molar-refractivity contribution < 1.29 is 19.4 Å². The van der Waals surface area contributed by atoms with Crippen LogP contribution in [0.4, 0.5) is 0 Å². The van der Waals surface area contributed by atoms with E-state index in [1.807, 2.05) is 0 Å². The normalized spacial score (nSPS) is 10.7. The molecule has 0 unspecified atom stereocenters. The topological polar surface area (TPSA) is 92.9 Å². The second-order valence-electron chi connectivity index (χ2n) is 4.77. The van der Waals surface area contributed by atoms with Gasteiger partial charge in [-0.15, -0.1) is 0 Å². The Hall–Kier alpha value is -2.34. The maximum atomic E-state index is 12.1. The van der Waals surface area contributed by atoms with Crippen molar-refractivity contribution in [2.45, 2.75) is 19.8 Å². The number of phenols is 1. The highest BCUT2D eigenvalue weighted by molar-refractivity contribution is 6.02. The molecule has 0 fully saturated rings. The molecule has 6 heteroatoms. The van der Waals surface area contributed by atoms with E-state index in [0.29, 0.717) is 30.8 Å². The minimum Gasteiger partial charge on any atom is -0.504 e. The number of aromatic hydroxyl groups is 1. The number of nitrogens with zero attached hydrogens (tertiary/aromatic N) is 1. The summed E-state index contributed by atoms with van der Waals surface area (Å²) in [5.41, 5.74) is 6.09. The molecule has 0 saturated heterocycles. The van der Waals surface area contributed by atoms with Crippen LogP contribution in [0.25, 0.3) is 6.08 Å². The predicted octanol–water partition coefficient (Wildman–Crippen LogP) is 1.53. The van der Waals surface area contributed by atoms with Crippen molar-refractivity contribution in [1.29, 1.82) is 0 Å². The number of phenolic OH excluding ortho intramolecular Hbond substituents is 1. The van der Waals surface area contributed by atoms with Gasteiger partial charge in [-0.25, -0.2) is 0 Å². The number of benzene rings is 1. The summed E-state index contributed by atoms with van der Waals surface area (Å²) in [6, 6.07) is 4.73. The van der Waals surface area contributed by atoms with Crippen LogP contribution in [0.1, 0.15) is 25.3 Å². The van der Waals surface area contributed by atoms with Gasteiger partial charge in [-0.05, 0) is 43.2 Å². The Bertz CT molecular complexity index is 555. The maximum absolute atomic E-state index is 12.1. The Balaban J connectivity index is 2.77. The lowest BCUT2D eigenvalue weighted by atomic mass is 10.2. The van der Waals surface area contributed by atoms with Crippen molar-refractivity contribution in [3.8, 4) is 11.5 Å². The number of rotatable bonds is 7. The van der Waals surface area contributed by atoms with Gasteiger partial charge in [0.1, 0.15) is 0 Å². The Morgan fingerprint density at radius 1 is 1.36 bits per heavy atom. The van der Waals surface area contributed by atoms with E-state index < -0.39 is 0 Å². The van der Waals surface area contributed by atoms with Crippen molar-refractivity contribution in [3.63, 3.8) is 0 Å². The molecule has 6 nitrogen and oxygen atoms in total. The van der Waals surface area contributed by atoms with Gasteiger partial charge < -0.3 is 15.6 Å². The Morgan fingerprint density at radius 3 is 2.68 bits per heavy atom. The molecule has 0 aliphatic carbocycles. The van der Waals surface area contributed by atoms with E-state index >= 15 is 0 Å². The average molecular weight is 306 g/mol. The smallest absolute Gasteiger partial charge is 0.253 e. The first-order chi connectivity index (χ1) is 10.5. The van der Waals surface area contributed by atoms with Crippen LogP contribution in [0.15, 0.2) is 24.3 Å². The van der Waals surface area contributed by atoms with Crippen LogP contribution in [0, 0.1) is 0 Å². The lowest BCUT2D eigenvalue weighted by Gasteiger charge is -2.16. The lowest BCUT2D eigenvalue weighted by Crippen LogP contribution is -2.34. The first kappa shape index (κ1) is 17.7. The molecular weight excluding hydrogens is 284 g/mol. The summed E-state index contributed by atoms with van der Waals surface area (Å²) in [5, 5.41) is 9.51. The minimum absolute atomic E-state index is 0.0260. The Kier molecular flexibility index (Phi) is 7.12. The number of carbonyl (C=O) groups excluding carboxylic acids is 2. The summed E-state index contributed by atoms with van der Waals surface area (Å²) in [5.74, 6) is -0.328. The summed E-state index contributed by atoms with van der Waals surface area (Å²) in [7, 11) is 1.45. The van der Waals surface area contributed by atoms with E-state index in [9.17, 15) is 14.7 Å². The third-order valence-electron chi connectivity index (χ3n) is 3.10. The summed E-state index contributed by atoms with van der Waals surface area (Å²) < 4.78 is 5.00. The zero-order chi connectivity index (χ0) is 16.5. The highest BCUT2D eigenvalue weighted by atomic mass is 16.5. The molecule has 22 heavy (non-hydrogen) atoms. The van der Waals surface area contributed by atoms with E-state index in [-0.39, 0.29) is 17.6 Å². The molecule has 2 amide bonds. The fourth-order valence-corrected chi connectivity index (χ4v) is 1.89. The molecular formula is C16H22N2O4. The van der Waals surface area contributed by atoms with Gasteiger partial charge in [0, 0.05) is 19.5 Å². The van der Waals surface area contributed by atoms with Crippen LogP contribution in [-0.4, -0.2) is 42.0 Å². The van der Waals surface area contributed by atoms with Gasteiger partial charge in [0.2, 0.25) is 5.91 Å². The standard InChI is InChI=1S/C16H22N2O4/c1-12(19)18(10-4-3-9-17)16(21)8-6-13-5-7-14(20)15(11-13)22-2/h5-8,11,20H,3-4,9-10,17H2,1-2H3/b8-6-. The van der Waals surface area contributed by atoms with Crippen LogP contribution in [0.3, 0.4) is 0 Å². The van der Waals surface area contributed by atoms with E-state index in [0.717, 1.165) is 6.42 Å². The van der Waals surface area contributed by atoms with Crippen LogP contribution in [0.2, 0.25) is 0 Å². The molecule has 1 aromatic carbocycles. The van der Waals surface area contributed by atoms with E-state index in [1.165, 1.54) is 31.1 Å². The van der Waals surface area contributed by atoms with Crippen molar-refractivity contribution in [1.82, 2.24) is 4.90 Å². The molecule has 0 aliphatic rings. The van der Waals surface area contributed by atoms with Crippen molar-refractivity contribution >= 4 is 17.9 Å². The molecule has 1 aromatic rings. The van der Waals surface area contributed by atoms with Crippen molar-refractivity contribution in [2.75, 3.05) is 20.2 Å². The van der Waals surface area contributed by atoms with Gasteiger partial charge >= 0.3 is 0 Å². The quantitative estimate of drug-likeness (QED) is 0.588. The fourth-order valence-electron chi connectivity index (χ4n) is 1.89. The molecule has 0 atom stereocenters. The molecule has 1 rings (SSSR count). The third kappa shape index (κ3) is 5.21. The highest BCUT2D eigenvalue weighted by Gasteiger charge is 2.14. The summed E-state index contributed by atoms with van der Waals surface area (Å²) >= 11 is 0. The molecule has 0 bridgehead atoms. The minimum atomic E-state index is -0.378. The van der Waals surface area contributed by atoms with Gasteiger partial charge in [-0.1, -0.05) is 6.07 Å². The zero-order valence-corrected chi connectivity index (χ0v) is 12.9. The number of methoxy groups -OCH3 is 1. The van der Waals surface area contributed by atoms with Crippen LogP contribution in [-0.2, 0) is 9.59 Å². The zero-order valence-electron chi connectivity index (χ0n) is 12.9. The molecule has 0 spiro atoms. The number of carbonyl (C=O) groups is 2. The van der Waals surface area contributed by atoms with Gasteiger partial charge in [0.25, 0.3) is 5.91 Å². The molecule has 3 N–H and O–H groups in total. The number of hydrogen-bond acceptors (Lipinski definition) is 5. The molecule has 0 radical (unpaired) electrons. The van der Waals surface area contributed by atoms with Crippen molar-refractivity contribution in [3.05, 3.63) is 29.8 Å². The number of ether oxygens (including phenoxy) is 1. The van der Waals surface area contributed by atoms with Gasteiger partial charge in [-0.3, -0.25) is 14.5 Å². The SMILES string of the molecule is COc1cc(/C=C\C(=O)N(CCCCN)C(C)=O)ccc1O. The van der Waals surface area contributed by atoms with E-state index in [1.54, 1.807) is 18.2 Å². The monoisotopic (exact) mass is 306 g/mol. The van der Waals surface area contributed by atoms with Gasteiger partial charge in [0.15, 0.2) is 11.5 Å². The summed E-state index contributed by atoms with van der Waals surface area (Å²) in [4.78, 5) is 24.8. The molecule has 0 heterocycles. The highest BCUT2D eigenvalue weighted by Crippen LogP contribution is 2.26. The van der Waals surface area contributed by atoms with Gasteiger partial charge in [-0.2, -0.15) is 0 Å². The van der Waals surface area contributed by atoms with Crippen LogP contribution in [0.5, 0.6) is 11.5 Å². The molecule has 0 saturated carbocycles. The van der Waals surface area contributed by atoms with Crippen LogP contribution >= 0.6 is 0 Å². The lowest BCUT2D eigenvalue weighted by molar-refractivity contribution is -0.140. The van der Waals surface area contributed by atoms with Crippen LogP contribution < -0.4 is 10.5 Å². The van der Waals surface area contributed by atoms with E-state index in [4.69, 9.17) is 10.5 Å². The second kappa shape index (κ2) is 8.84. The number of nitrogens with two attached hydrogens (primary N) is 1. The number of imide groups is 1. The Labute approximate surface area is 130 Å². The average Bonchev–Trinajstić information content (AvgIpc) is 2.50. The first-order valence-corrected chi connectivity index (χ1v) is 7.06. The first-order valence-electron chi connectivity index (χ1n) is 7.06. The third-order valence-corrected chi connectivity index (χ3v) is 3.10. The van der Waals surface area contributed by atoms with Crippen molar-refractivity contribution in [2.24, 2.45) is 5.73 Å². The summed E-state index contributed by atoms with van der Waals surface area (Å²) in [6.45, 7) is 2.25. The number of hydrogen-bond donors (Lipinski definition) is 2. The fraction of sp³-hybridized carbons (Fsp3) is 0.375. The Morgan fingerprint density at radius 2 is 2.09 bits per heavy atom. The number of amides is 2. The van der Waals surface area contributed by atoms with E-state index in [2.05, 4.69) is 0 Å². The largest absolute Gasteiger partial charge is 0.504 e. The maximum Gasteiger partial charge on any atom is 0.253 e. The predicted molar refractivity (Wildman–Crippen MR) is 84.4 cm³/mol. The van der Waals surface area contributed by atoms with Gasteiger partial charge in [0.05, 0.1) is 7.11 Å². The summed E-state index contributed by atoms with van der Waals surface area (Å²) in [6.07, 6.45) is 4.34. The number of unbranched alkanes of at least 4 members (excludes halogenated alkanes) is 1. The molecule has 120 valence electrons. The molecule has 0 aromatic heterocycles. The molecule has 0 aliphatic heterocycles. The second-order valence-corrected chi connectivity index (χ2v) is 4.77.